The Bertz CT molecular complexity index is 518. The van der Waals surface area contributed by atoms with Crippen LogP contribution >= 0.6 is 0 Å². The number of nitrogens with two attached hydrogens (primary N) is 1. The minimum Gasteiger partial charge on any atom is -0.393 e. The highest BCUT2D eigenvalue weighted by atomic mass is 16.6. The standard InChI is InChI=1S/C12H16N4O3/c1-14-5-2-6-15(8-12(14)17)9-3-4-11(16(18)19)10(13)7-9/h3-4,7H,2,5-6,8,13H2,1H3. The van der Waals surface area contributed by atoms with Crippen LogP contribution in [0.25, 0.3) is 0 Å². The first-order valence-corrected chi connectivity index (χ1v) is 6.02. The predicted octanol–water partition coefficient (Wildman–Crippen LogP) is 0.845. The monoisotopic (exact) mass is 264 g/mol. The third-order valence-electron chi connectivity index (χ3n) is 3.25. The molecule has 19 heavy (non-hydrogen) atoms. The molecule has 0 bridgehead atoms. The van der Waals surface area contributed by atoms with Crippen LogP contribution in [0.2, 0.25) is 0 Å². The molecule has 1 aromatic carbocycles. The molecule has 0 atom stereocenters. The topological polar surface area (TPSA) is 92.7 Å². The Balaban J connectivity index is 2.24. The van der Waals surface area contributed by atoms with Crippen LogP contribution in [0.4, 0.5) is 17.1 Å². The zero-order valence-electron chi connectivity index (χ0n) is 10.7. The van der Waals surface area contributed by atoms with Crippen LogP contribution in [0.15, 0.2) is 18.2 Å². The second-order valence-corrected chi connectivity index (χ2v) is 4.59. The summed E-state index contributed by atoms with van der Waals surface area (Å²) in [5, 5.41) is 10.7. The number of carbonyl (C=O) groups excluding carboxylic acids is 1. The molecule has 0 spiro atoms. The molecule has 2 rings (SSSR count). The van der Waals surface area contributed by atoms with Gasteiger partial charge in [-0.1, -0.05) is 0 Å². The Labute approximate surface area is 110 Å². The highest BCUT2D eigenvalue weighted by molar-refractivity contribution is 5.82. The maximum Gasteiger partial charge on any atom is 0.292 e. The van der Waals surface area contributed by atoms with Gasteiger partial charge in [-0.25, -0.2) is 0 Å². The number of hydrogen-bond acceptors (Lipinski definition) is 5. The Kier molecular flexibility index (Phi) is 3.55. The van der Waals surface area contributed by atoms with Crippen molar-refractivity contribution in [3.05, 3.63) is 28.3 Å². The molecule has 7 nitrogen and oxygen atoms in total. The normalized spacial score (nSPS) is 16.4. The molecule has 0 radical (unpaired) electrons. The van der Waals surface area contributed by atoms with Gasteiger partial charge in [0, 0.05) is 31.9 Å². The van der Waals surface area contributed by atoms with Crippen molar-refractivity contribution >= 4 is 23.0 Å². The lowest BCUT2D eigenvalue weighted by atomic mass is 10.2. The molecule has 0 aromatic heterocycles. The van der Waals surface area contributed by atoms with E-state index in [1.807, 2.05) is 4.90 Å². The van der Waals surface area contributed by atoms with Crippen LogP contribution in [-0.4, -0.2) is 42.4 Å². The van der Waals surface area contributed by atoms with Crippen molar-refractivity contribution in [2.75, 3.05) is 37.3 Å². The van der Waals surface area contributed by atoms with Crippen molar-refractivity contribution in [3.8, 4) is 0 Å². The summed E-state index contributed by atoms with van der Waals surface area (Å²) in [6, 6.07) is 4.56. The fraction of sp³-hybridized carbons (Fsp3) is 0.417. The van der Waals surface area contributed by atoms with Gasteiger partial charge in [0.15, 0.2) is 0 Å². The molecule has 1 amide bonds. The van der Waals surface area contributed by atoms with Crippen molar-refractivity contribution in [2.45, 2.75) is 6.42 Å². The lowest BCUT2D eigenvalue weighted by molar-refractivity contribution is -0.383. The number of nitrogens with zero attached hydrogens (tertiary/aromatic N) is 3. The van der Waals surface area contributed by atoms with Gasteiger partial charge in [-0.05, 0) is 18.6 Å². The average Bonchev–Trinajstić information content (AvgIpc) is 2.51. The maximum atomic E-state index is 11.8. The largest absolute Gasteiger partial charge is 0.393 e. The molecule has 1 aliphatic rings. The maximum absolute atomic E-state index is 11.8. The summed E-state index contributed by atoms with van der Waals surface area (Å²) in [6.07, 6.45) is 0.860. The van der Waals surface area contributed by atoms with E-state index >= 15 is 0 Å². The highest BCUT2D eigenvalue weighted by Gasteiger charge is 2.20. The third-order valence-corrected chi connectivity index (χ3v) is 3.25. The van der Waals surface area contributed by atoms with Gasteiger partial charge in [0.1, 0.15) is 5.69 Å². The van der Waals surface area contributed by atoms with Crippen molar-refractivity contribution in [1.29, 1.82) is 0 Å². The highest BCUT2D eigenvalue weighted by Crippen LogP contribution is 2.27. The number of rotatable bonds is 2. The zero-order chi connectivity index (χ0) is 14.0. The first-order valence-electron chi connectivity index (χ1n) is 6.02. The summed E-state index contributed by atoms with van der Waals surface area (Å²) in [4.78, 5) is 25.6. The number of carbonyl (C=O) groups is 1. The number of likely N-dealkylation sites (N-methyl/N-ethyl adjacent to an activating group) is 1. The predicted molar refractivity (Wildman–Crippen MR) is 72.0 cm³/mol. The fourth-order valence-electron chi connectivity index (χ4n) is 2.11. The molecule has 2 N–H and O–H groups in total. The SMILES string of the molecule is CN1CCCN(c2ccc([N+](=O)[O-])c(N)c2)CC1=O. The zero-order valence-corrected chi connectivity index (χ0v) is 10.7. The van der Waals surface area contributed by atoms with Gasteiger partial charge < -0.3 is 15.5 Å². The van der Waals surface area contributed by atoms with Gasteiger partial charge in [-0.15, -0.1) is 0 Å². The Morgan fingerprint density at radius 3 is 2.74 bits per heavy atom. The Morgan fingerprint density at radius 1 is 1.37 bits per heavy atom. The second-order valence-electron chi connectivity index (χ2n) is 4.59. The number of anilines is 2. The molecule has 1 fully saturated rings. The van der Waals surface area contributed by atoms with Crippen LogP contribution < -0.4 is 10.6 Å². The molecule has 1 heterocycles. The fourth-order valence-corrected chi connectivity index (χ4v) is 2.11. The van der Waals surface area contributed by atoms with E-state index in [1.54, 1.807) is 24.1 Å². The van der Waals surface area contributed by atoms with Crippen LogP contribution in [0.1, 0.15) is 6.42 Å². The van der Waals surface area contributed by atoms with E-state index in [0.29, 0.717) is 0 Å². The van der Waals surface area contributed by atoms with E-state index in [-0.39, 0.29) is 23.8 Å². The molecule has 0 aliphatic carbocycles. The first-order chi connectivity index (χ1) is 8.99. The van der Waals surface area contributed by atoms with Crippen LogP contribution in [0.5, 0.6) is 0 Å². The van der Waals surface area contributed by atoms with Crippen LogP contribution in [0.3, 0.4) is 0 Å². The van der Waals surface area contributed by atoms with Gasteiger partial charge >= 0.3 is 0 Å². The summed E-state index contributed by atoms with van der Waals surface area (Å²) in [5.41, 5.74) is 6.42. The van der Waals surface area contributed by atoms with E-state index in [1.165, 1.54) is 6.07 Å². The minimum atomic E-state index is -0.513. The van der Waals surface area contributed by atoms with Crippen molar-refractivity contribution in [2.24, 2.45) is 0 Å². The average molecular weight is 264 g/mol. The van der Waals surface area contributed by atoms with Gasteiger partial charge in [0.05, 0.1) is 11.5 Å². The van der Waals surface area contributed by atoms with Crippen molar-refractivity contribution in [3.63, 3.8) is 0 Å². The van der Waals surface area contributed by atoms with Crippen molar-refractivity contribution < 1.29 is 9.72 Å². The lowest BCUT2D eigenvalue weighted by Gasteiger charge is -2.22. The van der Waals surface area contributed by atoms with Crippen LogP contribution in [-0.2, 0) is 4.79 Å². The van der Waals surface area contributed by atoms with Gasteiger partial charge in [0.25, 0.3) is 5.69 Å². The number of benzene rings is 1. The van der Waals surface area contributed by atoms with E-state index in [4.69, 9.17) is 5.73 Å². The molecule has 1 aromatic rings. The Morgan fingerprint density at radius 2 is 2.11 bits per heavy atom. The van der Waals surface area contributed by atoms with Crippen LogP contribution in [0, 0.1) is 10.1 Å². The summed E-state index contributed by atoms with van der Waals surface area (Å²) in [5.74, 6) is 0.0365. The van der Waals surface area contributed by atoms with Gasteiger partial charge in [-0.3, -0.25) is 14.9 Å². The molecular weight excluding hydrogens is 248 g/mol. The number of nitrogen functional groups attached to an aromatic ring is 1. The lowest BCUT2D eigenvalue weighted by Crippen LogP contribution is -2.34. The second kappa shape index (κ2) is 5.13. The molecule has 1 aliphatic heterocycles. The van der Waals surface area contributed by atoms with E-state index < -0.39 is 4.92 Å². The smallest absolute Gasteiger partial charge is 0.292 e. The summed E-state index contributed by atoms with van der Waals surface area (Å²) < 4.78 is 0. The molecule has 102 valence electrons. The van der Waals surface area contributed by atoms with Gasteiger partial charge in [-0.2, -0.15) is 0 Å². The summed E-state index contributed by atoms with van der Waals surface area (Å²) in [7, 11) is 1.77. The number of nitro groups is 1. The summed E-state index contributed by atoms with van der Waals surface area (Å²) >= 11 is 0. The van der Waals surface area contributed by atoms with E-state index in [2.05, 4.69) is 0 Å². The van der Waals surface area contributed by atoms with Gasteiger partial charge in [0.2, 0.25) is 5.91 Å². The summed E-state index contributed by atoms with van der Waals surface area (Å²) in [6.45, 7) is 1.72. The van der Waals surface area contributed by atoms with Crippen molar-refractivity contribution in [1.82, 2.24) is 4.90 Å². The number of hydrogen-bond donors (Lipinski definition) is 1. The van der Waals surface area contributed by atoms with E-state index in [0.717, 1.165) is 25.2 Å². The number of nitro benzene ring substituents is 1. The number of amides is 1. The van der Waals surface area contributed by atoms with E-state index in [9.17, 15) is 14.9 Å². The molecule has 1 saturated heterocycles. The quantitative estimate of drug-likeness (QED) is 0.485. The minimum absolute atomic E-state index is 0.0365. The molecule has 7 heteroatoms. The Hall–Kier alpha value is -2.31. The molecule has 0 saturated carbocycles. The molecular formula is C12H16N4O3. The first kappa shape index (κ1) is 13.1. The third kappa shape index (κ3) is 2.75. The molecule has 0 unspecified atom stereocenters.